The highest BCUT2D eigenvalue weighted by Crippen LogP contribution is 2.28. The van der Waals surface area contributed by atoms with Crippen molar-refractivity contribution in [1.82, 2.24) is 4.98 Å². The Morgan fingerprint density at radius 2 is 2.05 bits per heavy atom. The van der Waals surface area contributed by atoms with E-state index in [4.69, 9.17) is 34.3 Å². The standard InChI is InChI=1S/C13H12ClN3OS/c1-18-12-6-8(2-4-10(12)14)17-9-3-5-11(13(15)19)16-7-9/h2-7,17H,1H3,(H2,15,19). The van der Waals surface area contributed by atoms with Crippen LogP contribution in [0, 0.1) is 0 Å². The van der Waals surface area contributed by atoms with Crippen LogP contribution in [0.5, 0.6) is 5.75 Å². The van der Waals surface area contributed by atoms with Crippen molar-refractivity contribution < 1.29 is 4.74 Å². The van der Waals surface area contributed by atoms with Gasteiger partial charge in [-0.3, -0.25) is 4.98 Å². The van der Waals surface area contributed by atoms with Crippen molar-refractivity contribution in [3.8, 4) is 5.75 Å². The predicted molar refractivity (Wildman–Crippen MR) is 81.4 cm³/mol. The highest BCUT2D eigenvalue weighted by atomic mass is 35.5. The molecule has 0 aliphatic carbocycles. The van der Waals surface area contributed by atoms with E-state index in [0.29, 0.717) is 16.5 Å². The first-order valence-corrected chi connectivity index (χ1v) is 6.25. The molecule has 1 heterocycles. The van der Waals surface area contributed by atoms with Gasteiger partial charge in [0.25, 0.3) is 0 Å². The molecule has 0 saturated carbocycles. The number of methoxy groups -OCH3 is 1. The molecule has 0 spiro atoms. The number of benzene rings is 1. The second-order valence-electron chi connectivity index (χ2n) is 3.77. The molecule has 98 valence electrons. The molecule has 0 radical (unpaired) electrons. The minimum Gasteiger partial charge on any atom is -0.495 e. The van der Waals surface area contributed by atoms with Gasteiger partial charge in [-0.15, -0.1) is 0 Å². The molecule has 19 heavy (non-hydrogen) atoms. The minimum absolute atomic E-state index is 0.278. The van der Waals surface area contributed by atoms with E-state index in [1.807, 2.05) is 18.2 Å². The maximum absolute atomic E-state index is 5.96. The van der Waals surface area contributed by atoms with E-state index in [2.05, 4.69) is 10.3 Å². The molecule has 2 aromatic rings. The van der Waals surface area contributed by atoms with Gasteiger partial charge in [0.05, 0.1) is 29.7 Å². The molecule has 0 aliphatic rings. The van der Waals surface area contributed by atoms with E-state index < -0.39 is 0 Å². The van der Waals surface area contributed by atoms with Gasteiger partial charge in [0.15, 0.2) is 0 Å². The van der Waals surface area contributed by atoms with Crippen molar-refractivity contribution >= 4 is 40.2 Å². The molecule has 6 heteroatoms. The summed E-state index contributed by atoms with van der Waals surface area (Å²) in [6.45, 7) is 0. The molecule has 3 N–H and O–H groups in total. The molecular weight excluding hydrogens is 282 g/mol. The number of ether oxygens (including phenoxy) is 1. The number of hydrogen-bond acceptors (Lipinski definition) is 4. The van der Waals surface area contributed by atoms with Gasteiger partial charge in [0, 0.05) is 11.8 Å². The normalized spacial score (nSPS) is 10.0. The average Bonchev–Trinajstić information content (AvgIpc) is 2.41. The number of nitrogens with zero attached hydrogens (tertiary/aromatic N) is 1. The van der Waals surface area contributed by atoms with E-state index in [0.717, 1.165) is 11.4 Å². The summed E-state index contributed by atoms with van der Waals surface area (Å²) in [5.41, 5.74) is 7.76. The molecule has 0 saturated heterocycles. The summed E-state index contributed by atoms with van der Waals surface area (Å²) < 4.78 is 5.15. The number of anilines is 2. The molecule has 0 bridgehead atoms. The van der Waals surface area contributed by atoms with Gasteiger partial charge < -0.3 is 15.8 Å². The fourth-order valence-corrected chi connectivity index (χ4v) is 1.83. The number of aromatic nitrogens is 1. The fraction of sp³-hybridized carbons (Fsp3) is 0.0769. The predicted octanol–water partition coefficient (Wildman–Crippen LogP) is 3.12. The zero-order chi connectivity index (χ0) is 13.8. The molecular formula is C13H12ClN3OS. The smallest absolute Gasteiger partial charge is 0.139 e. The zero-order valence-electron chi connectivity index (χ0n) is 10.2. The first-order chi connectivity index (χ1) is 9.10. The number of nitrogens with one attached hydrogen (secondary N) is 1. The first-order valence-electron chi connectivity index (χ1n) is 5.46. The summed E-state index contributed by atoms with van der Waals surface area (Å²) in [6, 6.07) is 9.04. The Balaban J connectivity index is 2.19. The maximum Gasteiger partial charge on any atom is 0.139 e. The lowest BCUT2D eigenvalue weighted by molar-refractivity contribution is 0.415. The largest absolute Gasteiger partial charge is 0.495 e. The Morgan fingerprint density at radius 1 is 1.32 bits per heavy atom. The van der Waals surface area contributed by atoms with Crippen LogP contribution >= 0.6 is 23.8 Å². The molecule has 0 aliphatic heterocycles. The van der Waals surface area contributed by atoms with Crippen molar-refractivity contribution in [1.29, 1.82) is 0 Å². The molecule has 1 aromatic heterocycles. The van der Waals surface area contributed by atoms with Gasteiger partial charge in [-0.1, -0.05) is 23.8 Å². The summed E-state index contributed by atoms with van der Waals surface area (Å²) in [7, 11) is 1.57. The van der Waals surface area contributed by atoms with E-state index in [9.17, 15) is 0 Å². The summed E-state index contributed by atoms with van der Waals surface area (Å²) >= 11 is 10.8. The van der Waals surface area contributed by atoms with Gasteiger partial charge in [-0.25, -0.2) is 0 Å². The highest BCUT2D eigenvalue weighted by molar-refractivity contribution is 7.80. The monoisotopic (exact) mass is 293 g/mol. The van der Waals surface area contributed by atoms with Gasteiger partial charge in [-0.2, -0.15) is 0 Å². The van der Waals surface area contributed by atoms with Gasteiger partial charge in [0.2, 0.25) is 0 Å². The van der Waals surface area contributed by atoms with Gasteiger partial charge in [0.1, 0.15) is 10.7 Å². The lowest BCUT2D eigenvalue weighted by Gasteiger charge is -2.09. The number of thiocarbonyl (C=S) groups is 1. The van der Waals surface area contributed by atoms with Crippen molar-refractivity contribution in [2.24, 2.45) is 5.73 Å². The third-order valence-electron chi connectivity index (χ3n) is 2.46. The van der Waals surface area contributed by atoms with Gasteiger partial charge in [-0.05, 0) is 24.3 Å². The van der Waals surface area contributed by atoms with Crippen molar-refractivity contribution in [2.75, 3.05) is 12.4 Å². The summed E-state index contributed by atoms with van der Waals surface area (Å²) in [5.74, 6) is 0.611. The molecule has 0 fully saturated rings. The number of pyridine rings is 1. The Morgan fingerprint density at radius 3 is 2.63 bits per heavy atom. The van der Waals surface area contributed by atoms with Crippen molar-refractivity contribution in [2.45, 2.75) is 0 Å². The fourth-order valence-electron chi connectivity index (χ4n) is 1.52. The number of halogens is 1. The molecule has 1 aromatic carbocycles. The van der Waals surface area contributed by atoms with Crippen molar-refractivity contribution in [3.05, 3.63) is 47.2 Å². The molecule has 0 unspecified atom stereocenters. The SMILES string of the molecule is COc1cc(Nc2ccc(C(N)=S)nc2)ccc1Cl. The van der Waals surface area contributed by atoms with E-state index in [-0.39, 0.29) is 4.99 Å². The zero-order valence-corrected chi connectivity index (χ0v) is 11.8. The second-order valence-corrected chi connectivity index (χ2v) is 4.62. The van der Waals surface area contributed by atoms with Crippen LogP contribution in [-0.2, 0) is 0 Å². The van der Waals surface area contributed by atoms with Gasteiger partial charge >= 0.3 is 0 Å². The summed E-state index contributed by atoms with van der Waals surface area (Å²) in [4.78, 5) is 4.43. The Hall–Kier alpha value is -1.85. The minimum atomic E-state index is 0.278. The van der Waals surface area contributed by atoms with Crippen LogP contribution in [0.4, 0.5) is 11.4 Å². The quantitative estimate of drug-likeness (QED) is 0.848. The van der Waals surface area contributed by atoms with Crippen LogP contribution in [0.2, 0.25) is 5.02 Å². The Kier molecular flexibility index (Phi) is 4.19. The van der Waals surface area contributed by atoms with E-state index in [1.165, 1.54) is 0 Å². The van der Waals surface area contributed by atoms with Crippen LogP contribution < -0.4 is 15.8 Å². The lowest BCUT2D eigenvalue weighted by atomic mass is 10.2. The van der Waals surface area contributed by atoms with Crippen LogP contribution in [0.15, 0.2) is 36.5 Å². The molecule has 0 atom stereocenters. The Labute approximate surface area is 121 Å². The van der Waals surface area contributed by atoms with Crippen molar-refractivity contribution in [3.63, 3.8) is 0 Å². The van der Waals surface area contributed by atoms with Crippen LogP contribution in [-0.4, -0.2) is 17.1 Å². The summed E-state index contributed by atoms with van der Waals surface area (Å²) in [6.07, 6.45) is 1.66. The number of nitrogens with two attached hydrogens (primary N) is 1. The Bertz CT molecular complexity index is 601. The topological polar surface area (TPSA) is 60.2 Å². The second kappa shape index (κ2) is 5.86. The summed E-state index contributed by atoms with van der Waals surface area (Å²) in [5, 5.41) is 3.75. The highest BCUT2D eigenvalue weighted by Gasteiger charge is 2.03. The van der Waals surface area contributed by atoms with Crippen LogP contribution in [0.25, 0.3) is 0 Å². The molecule has 2 rings (SSSR count). The van der Waals surface area contributed by atoms with E-state index >= 15 is 0 Å². The van der Waals surface area contributed by atoms with Crippen LogP contribution in [0.3, 0.4) is 0 Å². The average molecular weight is 294 g/mol. The first kappa shape index (κ1) is 13.6. The lowest BCUT2D eigenvalue weighted by Crippen LogP contribution is -2.11. The number of hydrogen-bond donors (Lipinski definition) is 2. The molecule has 0 amide bonds. The number of rotatable bonds is 4. The third-order valence-corrected chi connectivity index (χ3v) is 2.98. The van der Waals surface area contributed by atoms with Crippen LogP contribution in [0.1, 0.15) is 5.69 Å². The molecule has 4 nitrogen and oxygen atoms in total. The van der Waals surface area contributed by atoms with E-state index in [1.54, 1.807) is 25.4 Å². The third kappa shape index (κ3) is 3.33. The maximum atomic E-state index is 5.96.